The number of hydrogen-bond donors (Lipinski definition) is 6. The van der Waals surface area contributed by atoms with Crippen LogP contribution < -0.4 is 27.4 Å². The molecule has 0 aliphatic heterocycles. The molecule has 0 atom stereocenters. The maximum absolute atomic E-state index is 13.9. The molecule has 1 saturated carbocycles. The first-order valence-electron chi connectivity index (χ1n) is 14.6. The molecule has 232 valence electrons. The minimum atomic E-state index is -1.01. The van der Waals surface area contributed by atoms with Gasteiger partial charge in [-0.05, 0) is 87.9 Å². The molecule has 12 heteroatoms. The maximum atomic E-state index is 13.9. The highest BCUT2D eigenvalue weighted by Crippen LogP contribution is 2.34. The van der Waals surface area contributed by atoms with Gasteiger partial charge in [0.15, 0.2) is 0 Å². The number of aliphatic imine (C=N–C) groups is 1. The van der Waals surface area contributed by atoms with Gasteiger partial charge in [-0.3, -0.25) is 0 Å². The van der Waals surface area contributed by atoms with Crippen molar-refractivity contribution in [1.29, 1.82) is 0 Å². The summed E-state index contributed by atoms with van der Waals surface area (Å²) in [5, 5.41) is 23.9. The minimum absolute atomic E-state index is 0.122. The Bertz CT molecular complexity index is 1710. The van der Waals surface area contributed by atoms with E-state index >= 15 is 0 Å². The molecule has 2 aromatic heterocycles. The monoisotopic (exact) mass is 620 g/mol. The molecule has 0 radical (unpaired) electrons. The van der Waals surface area contributed by atoms with Crippen LogP contribution in [0.15, 0.2) is 59.9 Å². The number of nitrogens with zero attached hydrogens (tertiary/aromatic N) is 3. The molecule has 4 aromatic rings. The molecule has 2 amide bonds. The van der Waals surface area contributed by atoms with E-state index in [4.69, 9.17) is 23.1 Å². The molecule has 1 aliphatic rings. The van der Waals surface area contributed by atoms with Crippen molar-refractivity contribution in [2.45, 2.75) is 64.1 Å². The molecular weight excluding hydrogens is 583 g/mol. The number of nitrogens with one attached hydrogen (secondary N) is 3. The summed E-state index contributed by atoms with van der Waals surface area (Å²) >= 11 is 6.28. The first-order chi connectivity index (χ1) is 20.9. The average Bonchev–Trinajstić information content (AvgIpc) is 3.39. The highest BCUT2D eigenvalue weighted by Gasteiger charge is 2.23. The van der Waals surface area contributed by atoms with Gasteiger partial charge in [-0.15, -0.1) is 0 Å². The summed E-state index contributed by atoms with van der Waals surface area (Å²) in [6.07, 6.45) is 7.23. The molecule has 1 aliphatic carbocycles. The van der Waals surface area contributed by atoms with Crippen molar-refractivity contribution in [3.05, 3.63) is 76.8 Å². The van der Waals surface area contributed by atoms with Crippen molar-refractivity contribution >= 4 is 46.0 Å². The Labute approximate surface area is 260 Å². The smallest absolute Gasteiger partial charge is 0.319 e. The molecular formula is C32H38ClFN8O2. The second-order valence-corrected chi connectivity index (χ2v) is 12.4. The normalized spacial score (nSPS) is 17.5. The molecule has 8 N–H and O–H groups in total. The van der Waals surface area contributed by atoms with E-state index in [1.165, 1.54) is 18.2 Å². The third kappa shape index (κ3) is 7.47. The Morgan fingerprint density at radius 2 is 1.93 bits per heavy atom. The van der Waals surface area contributed by atoms with E-state index in [2.05, 4.69) is 26.0 Å². The number of aromatic nitrogens is 2. The van der Waals surface area contributed by atoms with E-state index in [1.807, 2.05) is 37.4 Å². The summed E-state index contributed by atoms with van der Waals surface area (Å²) in [5.74, 6) is -0.311. The third-order valence-corrected chi connectivity index (χ3v) is 7.98. The molecule has 0 unspecified atom stereocenters. The Kier molecular flexibility index (Phi) is 9.10. The van der Waals surface area contributed by atoms with Crippen LogP contribution in [0.25, 0.3) is 16.6 Å². The zero-order valence-electron chi connectivity index (χ0n) is 25.0. The molecule has 10 nitrogen and oxygen atoms in total. The fourth-order valence-electron chi connectivity index (χ4n) is 5.32. The minimum Gasteiger partial charge on any atom is -0.389 e. The topological polar surface area (TPSA) is 155 Å². The Balaban J connectivity index is 1.49. The molecule has 0 saturated heterocycles. The summed E-state index contributed by atoms with van der Waals surface area (Å²) in [6.45, 7) is 5.34. The molecule has 1 fully saturated rings. The van der Waals surface area contributed by atoms with E-state index in [0.717, 1.165) is 53.6 Å². The average molecular weight is 621 g/mol. The van der Waals surface area contributed by atoms with Crippen LogP contribution in [0.2, 0.25) is 5.02 Å². The molecule has 5 rings (SSSR count). The van der Waals surface area contributed by atoms with Gasteiger partial charge >= 0.3 is 6.03 Å². The Morgan fingerprint density at radius 3 is 2.64 bits per heavy atom. The number of aryl methyl sites for hydroxylation is 1. The number of amidine groups is 1. The van der Waals surface area contributed by atoms with Gasteiger partial charge in [-0.25, -0.2) is 18.7 Å². The van der Waals surface area contributed by atoms with Crippen molar-refractivity contribution in [3.8, 4) is 11.1 Å². The Hall–Kier alpha value is -4.19. The fourth-order valence-corrected chi connectivity index (χ4v) is 5.48. The highest BCUT2D eigenvalue weighted by atomic mass is 35.5. The number of carbonyl (C=O) groups is 1. The van der Waals surface area contributed by atoms with E-state index in [0.29, 0.717) is 11.3 Å². The lowest BCUT2D eigenvalue weighted by Gasteiger charge is -2.28. The number of nitrogens with two attached hydrogens (primary N) is 2. The van der Waals surface area contributed by atoms with Gasteiger partial charge in [-0.2, -0.15) is 5.10 Å². The predicted molar refractivity (Wildman–Crippen MR) is 174 cm³/mol. The number of aliphatic hydroxyl groups is 1. The molecule has 2 heterocycles. The van der Waals surface area contributed by atoms with Crippen LogP contribution in [0.4, 0.5) is 26.2 Å². The molecule has 44 heavy (non-hydrogen) atoms. The van der Waals surface area contributed by atoms with Gasteiger partial charge in [0.2, 0.25) is 0 Å². The van der Waals surface area contributed by atoms with Crippen LogP contribution in [-0.2, 0) is 0 Å². The number of anilines is 2. The van der Waals surface area contributed by atoms with E-state index in [1.54, 1.807) is 24.6 Å². The number of hydrogen-bond acceptors (Lipinski definition) is 6. The van der Waals surface area contributed by atoms with Crippen molar-refractivity contribution in [2.24, 2.45) is 16.5 Å². The van der Waals surface area contributed by atoms with Gasteiger partial charge < -0.3 is 32.5 Å². The van der Waals surface area contributed by atoms with Gasteiger partial charge in [0.25, 0.3) is 0 Å². The number of carbonyl (C=O) groups excluding carboxylic acids is 1. The summed E-state index contributed by atoms with van der Waals surface area (Å²) in [6, 6.07) is 11.6. The van der Waals surface area contributed by atoms with E-state index in [9.17, 15) is 14.3 Å². The number of amides is 2. The van der Waals surface area contributed by atoms with Gasteiger partial charge in [0.05, 0.1) is 39.3 Å². The van der Waals surface area contributed by atoms with Crippen molar-refractivity contribution in [2.75, 3.05) is 17.2 Å². The second kappa shape index (κ2) is 12.8. The number of rotatable bonds is 8. The quantitative estimate of drug-likeness (QED) is 0.109. The lowest BCUT2D eigenvalue weighted by Crippen LogP contribution is -2.40. The zero-order chi connectivity index (χ0) is 31.6. The van der Waals surface area contributed by atoms with Crippen LogP contribution >= 0.6 is 11.6 Å². The first kappa shape index (κ1) is 31.2. The lowest BCUT2D eigenvalue weighted by molar-refractivity contribution is 0.0826. The standard InChI is InChI=1S/C32H38ClFN8O2/c1-18-12-23(40-31(43)37-17-32(2,3)44)9-10-24(18)19-13-28-29(39-22-7-5-21(35)6-8-22)25(15-38-42(28)16-19)30(36)41-27-14-20(34)4-11-26(27)33/h4,9-16,21-22,39,44H,5-8,17,35H2,1-3H3,(H2,36,41)(H2,37,40,43). The van der Waals surface area contributed by atoms with Crippen LogP contribution in [0.5, 0.6) is 0 Å². The summed E-state index contributed by atoms with van der Waals surface area (Å²) in [4.78, 5) is 16.8. The second-order valence-electron chi connectivity index (χ2n) is 12.0. The number of urea groups is 1. The van der Waals surface area contributed by atoms with Gasteiger partial charge in [0, 0.05) is 42.1 Å². The largest absolute Gasteiger partial charge is 0.389 e. The fraction of sp³-hybridized carbons (Fsp3) is 0.344. The van der Waals surface area contributed by atoms with Gasteiger partial charge in [-0.1, -0.05) is 17.7 Å². The number of fused-ring (bicyclic) bond motifs is 1. The summed E-state index contributed by atoms with van der Waals surface area (Å²) in [7, 11) is 0. The van der Waals surface area contributed by atoms with Crippen molar-refractivity contribution in [3.63, 3.8) is 0 Å². The van der Waals surface area contributed by atoms with Crippen LogP contribution in [-0.4, -0.2) is 50.8 Å². The third-order valence-electron chi connectivity index (χ3n) is 7.66. The van der Waals surface area contributed by atoms with Crippen LogP contribution in [0.3, 0.4) is 0 Å². The van der Waals surface area contributed by atoms with Crippen LogP contribution in [0, 0.1) is 12.7 Å². The Morgan fingerprint density at radius 1 is 1.18 bits per heavy atom. The number of halogens is 2. The van der Waals surface area contributed by atoms with Crippen LogP contribution in [0.1, 0.15) is 50.7 Å². The highest BCUT2D eigenvalue weighted by molar-refractivity contribution is 6.33. The maximum Gasteiger partial charge on any atom is 0.319 e. The predicted octanol–water partition coefficient (Wildman–Crippen LogP) is 5.71. The first-order valence-corrected chi connectivity index (χ1v) is 15.0. The molecule has 0 spiro atoms. The van der Waals surface area contributed by atoms with E-state index in [-0.39, 0.29) is 35.2 Å². The summed E-state index contributed by atoms with van der Waals surface area (Å²) in [5.41, 5.74) is 17.5. The molecule has 2 aromatic carbocycles. The van der Waals surface area contributed by atoms with Crippen molar-refractivity contribution in [1.82, 2.24) is 14.9 Å². The number of benzene rings is 2. The SMILES string of the molecule is Cc1cc(NC(=O)NCC(C)(C)O)ccc1-c1cc2c(NC3CCC(N)CC3)c(C(N)=Nc3cc(F)ccc3Cl)cnn2c1. The van der Waals surface area contributed by atoms with Crippen molar-refractivity contribution < 1.29 is 14.3 Å². The summed E-state index contributed by atoms with van der Waals surface area (Å²) < 4.78 is 15.7. The molecule has 0 bridgehead atoms. The van der Waals surface area contributed by atoms with E-state index < -0.39 is 17.4 Å². The lowest BCUT2D eigenvalue weighted by atomic mass is 9.91. The zero-order valence-corrected chi connectivity index (χ0v) is 25.8. The van der Waals surface area contributed by atoms with Gasteiger partial charge in [0.1, 0.15) is 11.7 Å².